The molecule has 2 fully saturated rings. The summed E-state index contributed by atoms with van der Waals surface area (Å²) in [6.45, 7) is 8.49. The first kappa shape index (κ1) is 24.0. The van der Waals surface area contributed by atoms with Crippen LogP contribution in [0.3, 0.4) is 0 Å². The molecule has 2 bridgehead atoms. The number of aromatic nitrogens is 1. The molecule has 1 aliphatic carbocycles. The lowest BCUT2D eigenvalue weighted by atomic mass is 9.92. The van der Waals surface area contributed by atoms with Crippen LogP contribution >= 0.6 is 0 Å². The lowest BCUT2D eigenvalue weighted by molar-refractivity contribution is -0.132. The number of benzene rings is 1. The minimum absolute atomic E-state index is 0.0615. The zero-order chi connectivity index (χ0) is 24.5. The van der Waals surface area contributed by atoms with Gasteiger partial charge in [-0.05, 0) is 63.5 Å². The number of hydrogen-bond donors (Lipinski definition) is 0. The largest absolute Gasteiger partial charge is 0.361 e. The number of para-hydroxylation sites is 1. The third-order valence-corrected chi connectivity index (χ3v) is 8.18. The van der Waals surface area contributed by atoms with Gasteiger partial charge in [-0.25, -0.2) is 0 Å². The van der Waals surface area contributed by atoms with Crippen LogP contribution < -0.4 is 4.90 Å². The maximum Gasteiger partial charge on any atom is 0.227 e. The Labute approximate surface area is 208 Å². The number of carbonyl (C=O) groups is 2. The van der Waals surface area contributed by atoms with Gasteiger partial charge in [0.1, 0.15) is 5.76 Å². The van der Waals surface area contributed by atoms with Crippen LogP contribution in [0.25, 0.3) is 0 Å². The van der Waals surface area contributed by atoms with E-state index in [1.54, 1.807) is 6.92 Å². The third-order valence-electron chi connectivity index (χ3n) is 8.18. The molecule has 35 heavy (non-hydrogen) atoms. The molecule has 0 spiro atoms. The van der Waals surface area contributed by atoms with Crippen molar-refractivity contribution in [2.24, 2.45) is 5.92 Å². The maximum atomic E-state index is 13.8. The number of carbonyl (C=O) groups excluding carboxylic acids is 2. The minimum Gasteiger partial charge on any atom is -0.361 e. The zero-order valence-corrected chi connectivity index (χ0v) is 21.3. The number of piperidine rings is 1. The SMILES string of the molecule is CC(=O)N1CCC2CCCC(CN(C(=O)Cc3c(C)noc3C)Cc3ccccc31)N2CC1CC1. The molecule has 7 heteroatoms. The monoisotopic (exact) mass is 478 g/mol. The van der Waals surface area contributed by atoms with Crippen molar-refractivity contribution in [1.82, 2.24) is 15.0 Å². The first-order chi connectivity index (χ1) is 16.9. The molecule has 2 unspecified atom stereocenters. The summed E-state index contributed by atoms with van der Waals surface area (Å²) in [5, 5.41) is 4.06. The molecule has 2 amide bonds. The predicted octanol–water partition coefficient (Wildman–Crippen LogP) is 4.25. The normalized spacial score (nSPS) is 23.5. The molecule has 0 N–H and O–H groups in total. The van der Waals surface area contributed by atoms with E-state index in [1.807, 2.05) is 41.8 Å². The van der Waals surface area contributed by atoms with Crippen molar-refractivity contribution in [2.45, 2.75) is 84.3 Å². The number of nitrogens with zero attached hydrogens (tertiary/aromatic N) is 4. The highest BCUT2D eigenvalue weighted by Gasteiger charge is 2.37. The third kappa shape index (κ3) is 5.30. The Bertz CT molecular complexity index is 1060. The first-order valence-corrected chi connectivity index (χ1v) is 13.2. The van der Waals surface area contributed by atoms with Crippen molar-refractivity contribution < 1.29 is 14.1 Å². The van der Waals surface area contributed by atoms with Crippen LogP contribution in [0.1, 0.15) is 68.0 Å². The first-order valence-electron chi connectivity index (χ1n) is 13.2. The van der Waals surface area contributed by atoms with Crippen molar-refractivity contribution in [2.75, 3.05) is 24.5 Å². The van der Waals surface area contributed by atoms with Crippen molar-refractivity contribution in [3.8, 4) is 0 Å². The predicted molar refractivity (Wildman–Crippen MR) is 135 cm³/mol. The van der Waals surface area contributed by atoms with Gasteiger partial charge in [-0.2, -0.15) is 0 Å². The van der Waals surface area contributed by atoms with Crippen LogP contribution in [0, 0.1) is 19.8 Å². The molecule has 2 aromatic rings. The summed E-state index contributed by atoms with van der Waals surface area (Å²) in [5.74, 6) is 1.66. The van der Waals surface area contributed by atoms with Gasteiger partial charge in [0, 0.05) is 56.4 Å². The fraction of sp³-hybridized carbons (Fsp3) is 0.607. The lowest BCUT2D eigenvalue weighted by Crippen LogP contribution is -2.53. The van der Waals surface area contributed by atoms with Crippen LogP contribution in [0.15, 0.2) is 28.8 Å². The molecule has 0 radical (unpaired) electrons. The Morgan fingerprint density at radius 3 is 2.54 bits per heavy atom. The van der Waals surface area contributed by atoms with Gasteiger partial charge >= 0.3 is 0 Å². The highest BCUT2D eigenvalue weighted by atomic mass is 16.5. The van der Waals surface area contributed by atoms with Gasteiger partial charge in [0.2, 0.25) is 11.8 Å². The molecule has 3 aliphatic rings. The molecule has 5 rings (SSSR count). The summed E-state index contributed by atoms with van der Waals surface area (Å²) < 4.78 is 5.34. The topological polar surface area (TPSA) is 69.9 Å². The molecule has 1 saturated heterocycles. The summed E-state index contributed by atoms with van der Waals surface area (Å²) in [6.07, 6.45) is 7.36. The highest BCUT2D eigenvalue weighted by molar-refractivity contribution is 5.92. The van der Waals surface area contributed by atoms with Gasteiger partial charge in [0.25, 0.3) is 0 Å². The van der Waals surface area contributed by atoms with Crippen LogP contribution in [0.5, 0.6) is 0 Å². The minimum atomic E-state index is 0.0615. The fourth-order valence-electron chi connectivity index (χ4n) is 5.99. The molecule has 7 nitrogen and oxygen atoms in total. The second-order valence-corrected chi connectivity index (χ2v) is 10.7. The van der Waals surface area contributed by atoms with E-state index < -0.39 is 0 Å². The van der Waals surface area contributed by atoms with E-state index in [2.05, 4.69) is 16.1 Å². The quantitative estimate of drug-likeness (QED) is 0.657. The standard InChI is InChI=1S/C28H38N4O3/c1-19-26(20(2)35-29-19)15-28(34)30-17-23-7-4-5-10-27(23)31(21(3)33)14-13-24-8-6-9-25(18-30)32(24)16-22-11-12-22/h4-5,7,10,22,24-25H,6,8-9,11-18H2,1-3H3. The fourth-order valence-corrected chi connectivity index (χ4v) is 5.99. The smallest absolute Gasteiger partial charge is 0.227 e. The van der Waals surface area contributed by atoms with Crippen LogP contribution in [-0.4, -0.2) is 58.5 Å². The van der Waals surface area contributed by atoms with E-state index >= 15 is 0 Å². The second kappa shape index (κ2) is 10.1. The Kier molecular flexibility index (Phi) is 6.96. The number of aryl methyl sites for hydroxylation is 2. The summed E-state index contributed by atoms with van der Waals surface area (Å²) in [7, 11) is 0. The van der Waals surface area contributed by atoms with Gasteiger partial charge in [-0.1, -0.05) is 29.8 Å². The van der Waals surface area contributed by atoms with Crippen molar-refractivity contribution in [1.29, 1.82) is 0 Å². The van der Waals surface area contributed by atoms with Crippen molar-refractivity contribution in [3.05, 3.63) is 46.8 Å². The van der Waals surface area contributed by atoms with Gasteiger partial charge in [0.05, 0.1) is 12.1 Å². The Morgan fingerprint density at radius 1 is 1.06 bits per heavy atom. The van der Waals surface area contributed by atoms with Gasteiger partial charge in [-0.15, -0.1) is 0 Å². The number of amides is 2. The van der Waals surface area contributed by atoms with Crippen molar-refractivity contribution >= 4 is 17.5 Å². The summed E-state index contributed by atoms with van der Waals surface area (Å²) in [4.78, 5) is 33.2. The molecule has 1 saturated carbocycles. The van der Waals surface area contributed by atoms with Crippen molar-refractivity contribution in [3.63, 3.8) is 0 Å². The Balaban J connectivity index is 1.51. The molecule has 2 aliphatic heterocycles. The molecule has 188 valence electrons. The molecule has 1 aromatic carbocycles. The lowest BCUT2D eigenvalue weighted by Gasteiger charge is -2.44. The number of rotatable bonds is 4. The number of hydrogen-bond acceptors (Lipinski definition) is 5. The van der Waals surface area contributed by atoms with E-state index in [0.717, 1.165) is 60.9 Å². The Hall–Kier alpha value is -2.67. The maximum absolute atomic E-state index is 13.8. The van der Waals surface area contributed by atoms with Gasteiger partial charge in [-0.3, -0.25) is 14.5 Å². The van der Waals surface area contributed by atoms with E-state index in [4.69, 9.17) is 4.52 Å². The van der Waals surface area contributed by atoms with Gasteiger partial charge in [0.15, 0.2) is 0 Å². The summed E-state index contributed by atoms with van der Waals surface area (Å²) in [5.41, 5.74) is 3.63. The van der Waals surface area contributed by atoms with Crippen LogP contribution in [0.4, 0.5) is 5.69 Å². The number of fused-ring (bicyclic) bond motifs is 3. The zero-order valence-electron chi connectivity index (χ0n) is 21.3. The highest BCUT2D eigenvalue weighted by Crippen LogP contribution is 2.36. The van der Waals surface area contributed by atoms with E-state index in [-0.39, 0.29) is 11.8 Å². The van der Waals surface area contributed by atoms with E-state index in [0.29, 0.717) is 30.8 Å². The average molecular weight is 479 g/mol. The molecule has 3 heterocycles. The second-order valence-electron chi connectivity index (χ2n) is 10.7. The molecular weight excluding hydrogens is 440 g/mol. The Morgan fingerprint density at radius 2 is 1.83 bits per heavy atom. The molecule has 2 atom stereocenters. The van der Waals surface area contributed by atoms with Crippen LogP contribution in [0.2, 0.25) is 0 Å². The average Bonchev–Trinajstić information content (AvgIpc) is 3.60. The van der Waals surface area contributed by atoms with Gasteiger partial charge < -0.3 is 14.3 Å². The summed E-state index contributed by atoms with van der Waals surface area (Å²) >= 11 is 0. The molecular formula is C28H38N4O3. The number of anilines is 1. The van der Waals surface area contributed by atoms with E-state index in [1.165, 1.54) is 25.7 Å². The van der Waals surface area contributed by atoms with Crippen LogP contribution in [-0.2, 0) is 22.6 Å². The molecule has 1 aromatic heterocycles. The van der Waals surface area contributed by atoms with E-state index in [9.17, 15) is 9.59 Å². The summed E-state index contributed by atoms with van der Waals surface area (Å²) in [6, 6.07) is 8.90.